The van der Waals surface area contributed by atoms with Gasteiger partial charge in [0.2, 0.25) is 0 Å². The summed E-state index contributed by atoms with van der Waals surface area (Å²) < 4.78 is 0. The fourth-order valence-electron chi connectivity index (χ4n) is 1.68. The van der Waals surface area contributed by atoms with Gasteiger partial charge in [-0.15, -0.1) is 0 Å². The number of aliphatic carboxylic acids is 1. The normalized spacial score (nSPS) is 13.0. The number of carboxylic acid groups (broad SMARTS) is 1. The van der Waals surface area contributed by atoms with Crippen LogP contribution in [0.25, 0.3) is 0 Å². The molecule has 1 rings (SSSR count). The fraction of sp³-hybridized carbons (Fsp3) is 0.429. The molecule has 0 saturated heterocycles. The van der Waals surface area contributed by atoms with Gasteiger partial charge in [-0.3, -0.25) is 15.1 Å². The lowest BCUT2D eigenvalue weighted by Crippen LogP contribution is -2.56. The first-order valence-electron chi connectivity index (χ1n) is 6.50. The van der Waals surface area contributed by atoms with E-state index < -0.39 is 17.6 Å². The Balaban J connectivity index is 2.96. The first-order chi connectivity index (χ1) is 9.69. The highest BCUT2D eigenvalue weighted by atomic mass is 32.1. The zero-order chi connectivity index (χ0) is 16.0. The van der Waals surface area contributed by atoms with Crippen LogP contribution in [0.4, 0.5) is 0 Å². The zero-order valence-corrected chi connectivity index (χ0v) is 13.2. The first kappa shape index (κ1) is 17.4. The molecule has 0 spiro atoms. The third-order valence-electron chi connectivity index (χ3n) is 2.43. The van der Waals surface area contributed by atoms with Crippen molar-refractivity contribution in [2.45, 2.75) is 38.8 Å². The van der Waals surface area contributed by atoms with E-state index >= 15 is 0 Å². The molecule has 1 unspecified atom stereocenters. The highest BCUT2D eigenvalue weighted by Gasteiger charge is 2.31. The van der Waals surface area contributed by atoms with Gasteiger partial charge in [0.25, 0.3) is 0 Å². The van der Waals surface area contributed by atoms with E-state index in [-0.39, 0.29) is 11.5 Å². The quantitative estimate of drug-likeness (QED) is 0.541. The number of nitrogens with one attached hydrogen (secondary N) is 1. The maximum Gasteiger partial charge on any atom is 0.325 e. The number of rotatable bonds is 6. The van der Waals surface area contributed by atoms with Crippen LogP contribution >= 0.6 is 12.2 Å². The zero-order valence-electron chi connectivity index (χ0n) is 12.4. The van der Waals surface area contributed by atoms with Crippen molar-refractivity contribution in [3.8, 4) is 0 Å². The van der Waals surface area contributed by atoms with Gasteiger partial charge in [-0.2, -0.15) is 0 Å². The van der Waals surface area contributed by atoms with Crippen molar-refractivity contribution in [3.05, 3.63) is 35.9 Å². The molecule has 0 saturated carbocycles. The topological polar surface area (TPSA) is 87.8 Å². The van der Waals surface area contributed by atoms with Gasteiger partial charge >= 0.3 is 5.97 Å². The number of hydroxylamine groups is 1. The monoisotopic (exact) mass is 311 g/mol. The molecule has 0 radical (unpaired) electrons. The Bertz CT molecular complexity index is 488. The number of hydrazine groups is 1. The van der Waals surface area contributed by atoms with Gasteiger partial charge in [-0.1, -0.05) is 35.5 Å². The molecule has 116 valence electrons. The number of hydrogen-bond donors (Lipinski definition) is 3. The molecule has 0 aliphatic carbocycles. The molecule has 21 heavy (non-hydrogen) atoms. The van der Waals surface area contributed by atoms with E-state index in [1.54, 1.807) is 0 Å². The number of benzene rings is 1. The molecule has 0 fully saturated rings. The van der Waals surface area contributed by atoms with Crippen LogP contribution < -0.4 is 11.2 Å². The minimum atomic E-state index is -1.04. The first-order valence-corrected chi connectivity index (χ1v) is 6.91. The molecule has 7 heteroatoms. The molecule has 1 aromatic rings. The SMILES string of the molecule is CC(C)(C)ON(NC(N)=S)C(Cc1ccccc1)C(=O)O. The van der Waals surface area contributed by atoms with Crippen LogP contribution in [-0.2, 0) is 16.1 Å². The molecule has 4 N–H and O–H groups in total. The number of thiocarbonyl (C=S) groups is 1. The van der Waals surface area contributed by atoms with Crippen molar-refractivity contribution in [1.29, 1.82) is 0 Å². The van der Waals surface area contributed by atoms with E-state index in [4.69, 9.17) is 22.8 Å². The van der Waals surface area contributed by atoms with Crippen LogP contribution in [0.5, 0.6) is 0 Å². The van der Waals surface area contributed by atoms with Gasteiger partial charge in [0.05, 0.1) is 5.60 Å². The molecular weight excluding hydrogens is 290 g/mol. The Kier molecular flexibility index (Phi) is 6.07. The molecule has 0 amide bonds. The van der Waals surface area contributed by atoms with Gasteiger partial charge < -0.3 is 10.8 Å². The summed E-state index contributed by atoms with van der Waals surface area (Å²) in [4.78, 5) is 17.2. The lowest BCUT2D eigenvalue weighted by atomic mass is 10.1. The average molecular weight is 311 g/mol. The van der Waals surface area contributed by atoms with E-state index in [2.05, 4.69) is 5.43 Å². The van der Waals surface area contributed by atoms with E-state index in [1.807, 2.05) is 51.1 Å². The number of nitrogens with two attached hydrogens (primary N) is 1. The van der Waals surface area contributed by atoms with Crippen LogP contribution in [0.2, 0.25) is 0 Å². The molecular formula is C14H21N3O3S. The Hall–Kier alpha value is -1.70. The number of carboxylic acids is 1. The summed E-state index contributed by atoms with van der Waals surface area (Å²) in [6, 6.07) is 8.32. The minimum absolute atomic E-state index is 0.0569. The summed E-state index contributed by atoms with van der Waals surface area (Å²) in [6.45, 7) is 5.42. The summed E-state index contributed by atoms with van der Waals surface area (Å²) in [7, 11) is 0. The van der Waals surface area contributed by atoms with E-state index in [1.165, 1.54) is 0 Å². The van der Waals surface area contributed by atoms with Crippen molar-refractivity contribution < 1.29 is 14.7 Å². The van der Waals surface area contributed by atoms with Gasteiger partial charge in [-0.05, 0) is 38.6 Å². The second-order valence-electron chi connectivity index (χ2n) is 5.55. The average Bonchev–Trinajstić information content (AvgIpc) is 2.33. The largest absolute Gasteiger partial charge is 0.480 e. The smallest absolute Gasteiger partial charge is 0.325 e. The van der Waals surface area contributed by atoms with Crippen molar-refractivity contribution in [2.75, 3.05) is 0 Å². The number of carbonyl (C=O) groups is 1. The van der Waals surface area contributed by atoms with E-state index in [9.17, 15) is 9.90 Å². The van der Waals surface area contributed by atoms with Crippen molar-refractivity contribution >= 4 is 23.3 Å². The van der Waals surface area contributed by atoms with Gasteiger partial charge in [0, 0.05) is 6.42 Å². The third-order valence-corrected chi connectivity index (χ3v) is 2.52. The lowest BCUT2D eigenvalue weighted by Gasteiger charge is -2.33. The van der Waals surface area contributed by atoms with Gasteiger partial charge in [0.1, 0.15) is 0 Å². The lowest BCUT2D eigenvalue weighted by molar-refractivity contribution is -0.267. The summed E-state index contributed by atoms with van der Waals surface area (Å²) in [5.41, 5.74) is 8.30. The molecule has 0 heterocycles. The highest BCUT2D eigenvalue weighted by molar-refractivity contribution is 7.80. The summed E-state index contributed by atoms with van der Waals surface area (Å²) >= 11 is 4.78. The second-order valence-corrected chi connectivity index (χ2v) is 5.99. The predicted molar refractivity (Wildman–Crippen MR) is 84.2 cm³/mol. The Morgan fingerprint density at radius 3 is 2.43 bits per heavy atom. The maximum absolute atomic E-state index is 11.6. The predicted octanol–water partition coefficient (Wildman–Crippen LogP) is 1.46. The van der Waals surface area contributed by atoms with Crippen LogP contribution in [0.3, 0.4) is 0 Å². The van der Waals surface area contributed by atoms with Crippen LogP contribution in [0, 0.1) is 0 Å². The molecule has 6 nitrogen and oxygen atoms in total. The summed E-state index contributed by atoms with van der Waals surface area (Å²) in [5, 5.41) is 10.5. The molecule has 0 bridgehead atoms. The van der Waals surface area contributed by atoms with Crippen molar-refractivity contribution in [1.82, 2.24) is 10.6 Å². The fourth-order valence-corrected chi connectivity index (χ4v) is 1.77. The Morgan fingerprint density at radius 2 is 2.00 bits per heavy atom. The second kappa shape index (κ2) is 7.35. The summed E-state index contributed by atoms with van der Waals surface area (Å²) in [6.07, 6.45) is 0.252. The van der Waals surface area contributed by atoms with Gasteiger partial charge in [-0.25, -0.2) is 0 Å². The highest BCUT2D eigenvalue weighted by Crippen LogP contribution is 2.15. The molecule has 1 atom stereocenters. The van der Waals surface area contributed by atoms with E-state index in [0.717, 1.165) is 10.7 Å². The maximum atomic E-state index is 11.6. The molecule has 0 aliphatic heterocycles. The van der Waals surface area contributed by atoms with Crippen LogP contribution in [-0.4, -0.2) is 33.0 Å². The minimum Gasteiger partial charge on any atom is -0.480 e. The van der Waals surface area contributed by atoms with Crippen LogP contribution in [0.15, 0.2) is 30.3 Å². The Morgan fingerprint density at radius 1 is 1.43 bits per heavy atom. The standard InChI is InChI=1S/C14H21N3O3S/c1-14(2,3)20-17(16-13(15)21)11(12(18)19)9-10-7-5-4-6-8-10/h4-8,11H,9H2,1-3H3,(H,18,19)(H3,15,16,21). The van der Waals surface area contributed by atoms with Crippen LogP contribution in [0.1, 0.15) is 26.3 Å². The Labute approximate surface area is 129 Å². The summed E-state index contributed by atoms with van der Waals surface area (Å²) in [5.74, 6) is -1.04. The van der Waals surface area contributed by atoms with Crippen molar-refractivity contribution in [3.63, 3.8) is 0 Å². The molecule has 0 aliphatic rings. The number of nitrogens with zero attached hydrogens (tertiary/aromatic N) is 1. The van der Waals surface area contributed by atoms with Crippen molar-refractivity contribution in [2.24, 2.45) is 5.73 Å². The van der Waals surface area contributed by atoms with E-state index in [0.29, 0.717) is 0 Å². The molecule has 1 aromatic carbocycles. The molecule has 0 aromatic heterocycles. The third kappa shape index (κ3) is 6.52. The van der Waals surface area contributed by atoms with Gasteiger partial charge in [0.15, 0.2) is 11.2 Å². The number of hydrogen-bond acceptors (Lipinski definition) is 4.